The monoisotopic (exact) mass is 223 g/mol. The van der Waals surface area contributed by atoms with Crippen molar-refractivity contribution in [3.8, 4) is 6.07 Å². The van der Waals surface area contributed by atoms with Crippen molar-refractivity contribution in [2.24, 2.45) is 5.92 Å². The molecule has 4 heteroatoms. The molecule has 0 atom stereocenters. The number of nitriles is 1. The number of nitrogens with zero attached hydrogens (tertiary/aromatic N) is 3. The number of rotatable bonds is 3. The van der Waals surface area contributed by atoms with Crippen LogP contribution >= 0.6 is 0 Å². The van der Waals surface area contributed by atoms with Crippen LogP contribution in [-0.2, 0) is 4.74 Å². The molecule has 0 radical (unpaired) electrons. The molecular formula is C12H21N3O. The van der Waals surface area contributed by atoms with Crippen LogP contribution < -0.4 is 0 Å². The summed E-state index contributed by atoms with van der Waals surface area (Å²) in [6.45, 7) is 8.43. The van der Waals surface area contributed by atoms with Crippen LogP contribution in [0, 0.1) is 17.2 Å². The molecule has 0 amide bonds. The van der Waals surface area contributed by atoms with Crippen molar-refractivity contribution in [3.63, 3.8) is 0 Å². The van der Waals surface area contributed by atoms with E-state index in [-0.39, 0.29) is 0 Å². The van der Waals surface area contributed by atoms with Crippen LogP contribution in [0.25, 0.3) is 0 Å². The Balaban J connectivity index is 1.61. The summed E-state index contributed by atoms with van der Waals surface area (Å²) in [5, 5.41) is 8.82. The first-order chi connectivity index (χ1) is 7.88. The summed E-state index contributed by atoms with van der Waals surface area (Å²) in [6, 6.07) is 2.38. The fourth-order valence-electron chi connectivity index (χ4n) is 2.39. The summed E-state index contributed by atoms with van der Waals surface area (Å²) in [6.07, 6.45) is 2.11. The van der Waals surface area contributed by atoms with Crippen LogP contribution in [0.15, 0.2) is 0 Å². The molecule has 2 heterocycles. The summed E-state index contributed by atoms with van der Waals surface area (Å²) in [7, 11) is 0. The molecule has 90 valence electrons. The van der Waals surface area contributed by atoms with Crippen LogP contribution in [0.4, 0.5) is 0 Å². The van der Waals surface area contributed by atoms with Crippen molar-refractivity contribution < 1.29 is 4.74 Å². The largest absolute Gasteiger partial charge is 0.379 e. The fourth-order valence-corrected chi connectivity index (χ4v) is 2.39. The molecule has 0 N–H and O–H groups in total. The first kappa shape index (κ1) is 11.8. The Hall–Kier alpha value is -0.630. The second-order valence-corrected chi connectivity index (χ2v) is 4.70. The smallest absolute Gasteiger partial charge is 0.0656 e. The van der Waals surface area contributed by atoms with Gasteiger partial charge in [-0.2, -0.15) is 5.26 Å². The highest BCUT2D eigenvalue weighted by molar-refractivity contribution is 4.87. The second-order valence-electron chi connectivity index (χ2n) is 4.70. The lowest BCUT2D eigenvalue weighted by Crippen LogP contribution is -2.43. The van der Waals surface area contributed by atoms with Crippen LogP contribution in [0.2, 0.25) is 0 Å². The van der Waals surface area contributed by atoms with Gasteiger partial charge in [0.2, 0.25) is 0 Å². The standard InChI is InChI=1S/C12H21N3O/c13-11-12-1-3-14(4-2-12)5-6-15-7-9-16-10-8-15/h12H,1-10H2. The topological polar surface area (TPSA) is 39.5 Å². The van der Waals surface area contributed by atoms with Crippen LogP contribution in [-0.4, -0.2) is 62.3 Å². The third-order valence-corrected chi connectivity index (χ3v) is 3.61. The molecule has 0 aromatic carbocycles. The van der Waals surface area contributed by atoms with E-state index in [2.05, 4.69) is 15.9 Å². The van der Waals surface area contributed by atoms with Crippen molar-refractivity contribution in [1.29, 1.82) is 5.26 Å². The molecule has 2 saturated heterocycles. The van der Waals surface area contributed by atoms with E-state index >= 15 is 0 Å². The van der Waals surface area contributed by atoms with E-state index in [9.17, 15) is 0 Å². The zero-order valence-corrected chi connectivity index (χ0v) is 9.90. The van der Waals surface area contributed by atoms with Gasteiger partial charge in [0.15, 0.2) is 0 Å². The number of piperidine rings is 1. The first-order valence-corrected chi connectivity index (χ1v) is 6.30. The Kier molecular flexibility index (Phi) is 4.58. The van der Waals surface area contributed by atoms with E-state index in [1.165, 1.54) is 0 Å². The van der Waals surface area contributed by atoms with E-state index in [1.807, 2.05) is 0 Å². The van der Waals surface area contributed by atoms with Gasteiger partial charge in [0.1, 0.15) is 0 Å². The minimum absolute atomic E-state index is 0.305. The Morgan fingerprint density at radius 2 is 1.56 bits per heavy atom. The van der Waals surface area contributed by atoms with Gasteiger partial charge in [-0.25, -0.2) is 0 Å². The third-order valence-electron chi connectivity index (χ3n) is 3.61. The van der Waals surface area contributed by atoms with E-state index in [0.717, 1.165) is 65.3 Å². The van der Waals surface area contributed by atoms with Gasteiger partial charge in [-0.1, -0.05) is 0 Å². The molecule has 16 heavy (non-hydrogen) atoms. The summed E-state index contributed by atoms with van der Waals surface area (Å²) in [5.41, 5.74) is 0. The molecule has 2 aliphatic rings. The molecule has 2 aliphatic heterocycles. The lowest BCUT2D eigenvalue weighted by atomic mass is 9.99. The molecule has 0 spiro atoms. The minimum atomic E-state index is 0.305. The fraction of sp³-hybridized carbons (Fsp3) is 0.917. The van der Waals surface area contributed by atoms with Crippen molar-refractivity contribution in [2.45, 2.75) is 12.8 Å². The van der Waals surface area contributed by atoms with Gasteiger partial charge in [0.05, 0.1) is 19.3 Å². The second kappa shape index (κ2) is 6.19. The molecule has 0 saturated carbocycles. The number of likely N-dealkylation sites (tertiary alicyclic amines) is 1. The SMILES string of the molecule is N#CC1CCN(CCN2CCOCC2)CC1. The molecular weight excluding hydrogens is 202 g/mol. The first-order valence-electron chi connectivity index (χ1n) is 6.30. The molecule has 0 aromatic heterocycles. The highest BCUT2D eigenvalue weighted by Crippen LogP contribution is 2.15. The van der Waals surface area contributed by atoms with E-state index in [4.69, 9.17) is 10.00 Å². The van der Waals surface area contributed by atoms with Crippen molar-refractivity contribution in [2.75, 3.05) is 52.5 Å². The van der Waals surface area contributed by atoms with Gasteiger partial charge in [-0.3, -0.25) is 4.90 Å². The van der Waals surface area contributed by atoms with Crippen LogP contribution in [0.3, 0.4) is 0 Å². The number of hydrogen-bond acceptors (Lipinski definition) is 4. The summed E-state index contributed by atoms with van der Waals surface area (Å²) in [5.74, 6) is 0.305. The number of morpholine rings is 1. The van der Waals surface area contributed by atoms with E-state index < -0.39 is 0 Å². The van der Waals surface area contributed by atoms with Crippen molar-refractivity contribution in [1.82, 2.24) is 9.80 Å². The maximum Gasteiger partial charge on any atom is 0.0656 e. The van der Waals surface area contributed by atoms with E-state index in [1.54, 1.807) is 0 Å². The molecule has 2 fully saturated rings. The summed E-state index contributed by atoms with van der Waals surface area (Å²) in [4.78, 5) is 4.96. The molecule has 0 aliphatic carbocycles. The molecule has 0 aromatic rings. The van der Waals surface area contributed by atoms with Crippen LogP contribution in [0.1, 0.15) is 12.8 Å². The third kappa shape index (κ3) is 3.44. The van der Waals surface area contributed by atoms with Crippen molar-refractivity contribution in [3.05, 3.63) is 0 Å². The number of hydrogen-bond donors (Lipinski definition) is 0. The predicted molar refractivity (Wildman–Crippen MR) is 62.0 cm³/mol. The Bertz CT molecular complexity index is 237. The highest BCUT2D eigenvalue weighted by Gasteiger charge is 2.19. The van der Waals surface area contributed by atoms with Crippen LogP contribution in [0.5, 0.6) is 0 Å². The van der Waals surface area contributed by atoms with Gasteiger partial charge in [0.25, 0.3) is 0 Å². The molecule has 2 rings (SSSR count). The van der Waals surface area contributed by atoms with Gasteiger partial charge < -0.3 is 9.64 Å². The molecule has 0 unspecified atom stereocenters. The summed E-state index contributed by atoms with van der Waals surface area (Å²) < 4.78 is 5.33. The highest BCUT2D eigenvalue weighted by atomic mass is 16.5. The predicted octanol–water partition coefficient (Wildman–Crippen LogP) is 0.554. The van der Waals surface area contributed by atoms with Gasteiger partial charge >= 0.3 is 0 Å². The molecule has 4 nitrogen and oxygen atoms in total. The zero-order chi connectivity index (χ0) is 11.2. The molecule has 0 bridgehead atoms. The Morgan fingerprint density at radius 1 is 1.00 bits per heavy atom. The quantitative estimate of drug-likeness (QED) is 0.700. The lowest BCUT2D eigenvalue weighted by Gasteiger charge is -2.32. The Morgan fingerprint density at radius 3 is 2.12 bits per heavy atom. The Labute approximate surface area is 97.8 Å². The minimum Gasteiger partial charge on any atom is -0.379 e. The van der Waals surface area contributed by atoms with Gasteiger partial charge in [-0.05, 0) is 25.9 Å². The lowest BCUT2D eigenvalue weighted by molar-refractivity contribution is 0.0319. The summed E-state index contributed by atoms with van der Waals surface area (Å²) >= 11 is 0. The number of ether oxygens (including phenoxy) is 1. The van der Waals surface area contributed by atoms with E-state index in [0.29, 0.717) is 5.92 Å². The maximum absolute atomic E-state index is 8.82. The average Bonchev–Trinajstić information content (AvgIpc) is 2.38. The average molecular weight is 223 g/mol. The normalized spacial score (nSPS) is 25.4. The van der Waals surface area contributed by atoms with Gasteiger partial charge in [0, 0.05) is 32.1 Å². The van der Waals surface area contributed by atoms with Crippen molar-refractivity contribution >= 4 is 0 Å². The van der Waals surface area contributed by atoms with Gasteiger partial charge in [-0.15, -0.1) is 0 Å². The zero-order valence-electron chi connectivity index (χ0n) is 9.90. The maximum atomic E-state index is 8.82.